The Morgan fingerprint density at radius 3 is 2.95 bits per heavy atom. The number of carbonyl (C=O) groups is 1. The van der Waals surface area contributed by atoms with E-state index in [0.717, 1.165) is 12.1 Å². The Morgan fingerprint density at radius 2 is 2.21 bits per heavy atom. The summed E-state index contributed by atoms with van der Waals surface area (Å²) in [5.41, 5.74) is 0.902. The predicted octanol–water partition coefficient (Wildman–Crippen LogP) is 1.24. The fraction of sp³-hybridized carbons (Fsp3) is 0.308. The molecular formula is C13H14N4O2. The third-order valence-electron chi connectivity index (χ3n) is 3.07. The number of carbonyl (C=O) groups excluding carboxylic acids is 1. The van der Waals surface area contributed by atoms with Crippen molar-refractivity contribution in [2.24, 2.45) is 5.92 Å². The van der Waals surface area contributed by atoms with Gasteiger partial charge in [-0.05, 0) is 18.6 Å². The van der Waals surface area contributed by atoms with Gasteiger partial charge in [0.05, 0.1) is 18.2 Å². The zero-order chi connectivity index (χ0) is 13.1. The minimum Gasteiger partial charge on any atom is -0.381 e. The molecule has 0 aliphatic carbocycles. The van der Waals surface area contributed by atoms with Gasteiger partial charge in [0, 0.05) is 31.3 Å². The standard InChI is InChI=1S/C13H14N4O2/c18-13(10-4-8-19-9-10)15-12-3-7-17(16-12)11-1-5-14-6-2-11/h1-3,5-7,10H,4,8-9H2,(H,15,16,18)/t10-/m0/s1. The summed E-state index contributed by atoms with van der Waals surface area (Å²) in [6, 6.07) is 5.47. The molecule has 3 rings (SSSR count). The van der Waals surface area contributed by atoms with Crippen LogP contribution >= 0.6 is 0 Å². The van der Waals surface area contributed by atoms with Gasteiger partial charge >= 0.3 is 0 Å². The molecule has 2 aromatic rings. The Bertz CT molecular complexity index is 561. The second kappa shape index (κ2) is 5.19. The fourth-order valence-electron chi connectivity index (χ4n) is 2.00. The highest BCUT2D eigenvalue weighted by Gasteiger charge is 2.23. The lowest BCUT2D eigenvalue weighted by Crippen LogP contribution is -2.23. The van der Waals surface area contributed by atoms with E-state index < -0.39 is 0 Å². The van der Waals surface area contributed by atoms with E-state index in [1.54, 1.807) is 29.3 Å². The van der Waals surface area contributed by atoms with Crippen molar-refractivity contribution in [1.29, 1.82) is 0 Å². The van der Waals surface area contributed by atoms with E-state index in [1.165, 1.54) is 0 Å². The van der Waals surface area contributed by atoms with Gasteiger partial charge < -0.3 is 10.1 Å². The first kappa shape index (κ1) is 11.9. The molecular weight excluding hydrogens is 244 g/mol. The summed E-state index contributed by atoms with van der Waals surface area (Å²) in [5.74, 6) is 0.456. The number of aromatic nitrogens is 3. The molecule has 0 spiro atoms. The van der Waals surface area contributed by atoms with Gasteiger partial charge in [-0.25, -0.2) is 4.68 Å². The molecule has 0 aromatic carbocycles. The molecule has 6 heteroatoms. The molecule has 6 nitrogen and oxygen atoms in total. The van der Waals surface area contributed by atoms with Crippen LogP contribution in [0.3, 0.4) is 0 Å². The maximum atomic E-state index is 11.9. The number of nitrogens with zero attached hydrogens (tertiary/aromatic N) is 3. The van der Waals surface area contributed by atoms with Gasteiger partial charge in [-0.15, -0.1) is 0 Å². The van der Waals surface area contributed by atoms with Crippen LogP contribution in [0, 0.1) is 5.92 Å². The molecule has 0 unspecified atom stereocenters. The van der Waals surface area contributed by atoms with Crippen LogP contribution in [0.4, 0.5) is 5.82 Å². The Labute approximate surface area is 110 Å². The Hall–Kier alpha value is -2.21. The number of hydrogen-bond donors (Lipinski definition) is 1. The summed E-state index contributed by atoms with van der Waals surface area (Å²) in [6.07, 6.45) is 5.98. The minimum absolute atomic E-state index is 0.0301. The number of hydrogen-bond acceptors (Lipinski definition) is 4. The monoisotopic (exact) mass is 258 g/mol. The van der Waals surface area contributed by atoms with Crippen molar-refractivity contribution in [2.45, 2.75) is 6.42 Å². The number of amides is 1. The van der Waals surface area contributed by atoms with Crippen molar-refractivity contribution in [3.8, 4) is 5.69 Å². The van der Waals surface area contributed by atoms with Crippen LogP contribution in [0.25, 0.3) is 5.69 Å². The topological polar surface area (TPSA) is 69.0 Å². The second-order valence-electron chi connectivity index (χ2n) is 4.40. The van der Waals surface area contributed by atoms with Gasteiger partial charge in [0.25, 0.3) is 0 Å². The minimum atomic E-state index is -0.0638. The van der Waals surface area contributed by atoms with Crippen LogP contribution in [0.15, 0.2) is 36.8 Å². The van der Waals surface area contributed by atoms with Crippen molar-refractivity contribution in [1.82, 2.24) is 14.8 Å². The van der Waals surface area contributed by atoms with Gasteiger partial charge in [0.2, 0.25) is 5.91 Å². The molecule has 0 bridgehead atoms. The molecule has 0 saturated carbocycles. The van der Waals surface area contributed by atoms with E-state index in [1.807, 2.05) is 12.1 Å². The van der Waals surface area contributed by atoms with Gasteiger partial charge in [-0.3, -0.25) is 9.78 Å². The zero-order valence-corrected chi connectivity index (χ0v) is 10.3. The normalized spacial score (nSPS) is 18.4. The number of rotatable bonds is 3. The van der Waals surface area contributed by atoms with E-state index in [2.05, 4.69) is 15.4 Å². The molecule has 1 aliphatic rings. The average molecular weight is 258 g/mol. The number of ether oxygens (including phenoxy) is 1. The molecule has 0 radical (unpaired) electrons. The maximum Gasteiger partial charge on any atom is 0.231 e. The maximum absolute atomic E-state index is 11.9. The van der Waals surface area contributed by atoms with E-state index in [-0.39, 0.29) is 11.8 Å². The Balaban J connectivity index is 1.70. The van der Waals surface area contributed by atoms with Gasteiger partial charge in [-0.2, -0.15) is 5.10 Å². The van der Waals surface area contributed by atoms with Crippen molar-refractivity contribution in [3.63, 3.8) is 0 Å². The number of nitrogens with one attached hydrogen (secondary N) is 1. The predicted molar refractivity (Wildman–Crippen MR) is 68.9 cm³/mol. The van der Waals surface area contributed by atoms with Crippen molar-refractivity contribution >= 4 is 11.7 Å². The molecule has 3 heterocycles. The molecule has 2 aromatic heterocycles. The molecule has 19 heavy (non-hydrogen) atoms. The molecule has 1 fully saturated rings. The summed E-state index contributed by atoms with van der Waals surface area (Å²) in [5, 5.41) is 7.12. The lowest BCUT2D eigenvalue weighted by molar-refractivity contribution is -0.119. The fourth-order valence-corrected chi connectivity index (χ4v) is 2.00. The van der Waals surface area contributed by atoms with Crippen LogP contribution in [0.1, 0.15) is 6.42 Å². The quantitative estimate of drug-likeness (QED) is 0.899. The summed E-state index contributed by atoms with van der Waals surface area (Å²) < 4.78 is 6.89. The van der Waals surface area contributed by atoms with Crippen LogP contribution in [-0.2, 0) is 9.53 Å². The van der Waals surface area contributed by atoms with Crippen molar-refractivity contribution in [2.75, 3.05) is 18.5 Å². The molecule has 1 saturated heterocycles. The van der Waals surface area contributed by atoms with Crippen LogP contribution in [0.2, 0.25) is 0 Å². The largest absolute Gasteiger partial charge is 0.381 e. The average Bonchev–Trinajstić information content (AvgIpc) is 3.11. The van der Waals surface area contributed by atoms with Crippen LogP contribution < -0.4 is 5.32 Å². The summed E-state index contributed by atoms with van der Waals surface area (Å²) >= 11 is 0. The molecule has 1 aliphatic heterocycles. The summed E-state index contributed by atoms with van der Waals surface area (Å²) in [6.45, 7) is 1.15. The van der Waals surface area contributed by atoms with Gasteiger partial charge in [0.1, 0.15) is 0 Å². The van der Waals surface area contributed by atoms with E-state index >= 15 is 0 Å². The van der Waals surface area contributed by atoms with E-state index in [0.29, 0.717) is 19.0 Å². The van der Waals surface area contributed by atoms with Gasteiger partial charge in [0.15, 0.2) is 5.82 Å². The zero-order valence-electron chi connectivity index (χ0n) is 10.3. The smallest absolute Gasteiger partial charge is 0.231 e. The highest BCUT2D eigenvalue weighted by atomic mass is 16.5. The number of pyridine rings is 1. The van der Waals surface area contributed by atoms with E-state index in [4.69, 9.17) is 4.74 Å². The van der Waals surface area contributed by atoms with Crippen molar-refractivity contribution in [3.05, 3.63) is 36.8 Å². The Kier molecular flexibility index (Phi) is 3.24. The lowest BCUT2D eigenvalue weighted by Gasteiger charge is -2.06. The summed E-state index contributed by atoms with van der Waals surface area (Å²) in [4.78, 5) is 15.9. The SMILES string of the molecule is O=C(Nc1ccn(-c2ccncc2)n1)[C@H]1CCOC1. The van der Waals surface area contributed by atoms with Crippen molar-refractivity contribution < 1.29 is 9.53 Å². The van der Waals surface area contributed by atoms with Crippen LogP contribution in [-0.4, -0.2) is 33.9 Å². The lowest BCUT2D eigenvalue weighted by atomic mass is 10.1. The molecule has 98 valence electrons. The first-order valence-corrected chi connectivity index (χ1v) is 6.17. The molecule has 1 amide bonds. The van der Waals surface area contributed by atoms with Crippen LogP contribution in [0.5, 0.6) is 0 Å². The third-order valence-corrected chi connectivity index (χ3v) is 3.07. The third kappa shape index (κ3) is 2.63. The first-order valence-electron chi connectivity index (χ1n) is 6.17. The first-order chi connectivity index (χ1) is 9.33. The van der Waals surface area contributed by atoms with E-state index in [9.17, 15) is 4.79 Å². The Morgan fingerprint density at radius 1 is 1.37 bits per heavy atom. The highest BCUT2D eigenvalue weighted by molar-refractivity contribution is 5.91. The highest BCUT2D eigenvalue weighted by Crippen LogP contribution is 2.15. The second-order valence-corrected chi connectivity index (χ2v) is 4.40. The van der Waals surface area contributed by atoms with Gasteiger partial charge in [-0.1, -0.05) is 0 Å². The number of anilines is 1. The summed E-state index contributed by atoms with van der Waals surface area (Å²) in [7, 11) is 0. The molecule has 1 N–H and O–H groups in total. The molecule has 1 atom stereocenters.